The smallest absolute Gasteiger partial charge is 0.338 e. The molecule has 0 unspecified atom stereocenters. The van der Waals surface area contributed by atoms with Crippen LogP contribution in [0, 0.1) is 5.41 Å². The van der Waals surface area contributed by atoms with Gasteiger partial charge in [-0.15, -0.1) is 0 Å². The highest BCUT2D eigenvalue weighted by Crippen LogP contribution is 2.38. The zero-order chi connectivity index (χ0) is 14.8. The molecule has 0 fully saturated rings. The van der Waals surface area contributed by atoms with Crippen LogP contribution in [0.1, 0.15) is 41.3 Å². The average Bonchev–Trinajstić information content (AvgIpc) is 2.81. The number of carbonyl (C=O) groups is 1. The van der Waals surface area contributed by atoms with Crippen molar-refractivity contribution in [3.8, 4) is 11.1 Å². The Kier molecular flexibility index (Phi) is 3.57. The first-order valence-electron chi connectivity index (χ1n) is 7.23. The molecule has 1 N–H and O–H groups in total. The number of carbonyl (C=O) groups excluding carboxylic acids is 1. The minimum atomic E-state index is -0.301. The van der Waals surface area contributed by atoms with Gasteiger partial charge in [0.2, 0.25) is 0 Å². The van der Waals surface area contributed by atoms with Gasteiger partial charge in [0.1, 0.15) is 0 Å². The number of esters is 1. The molecule has 106 valence electrons. The molecule has 0 amide bonds. The highest BCUT2D eigenvalue weighted by molar-refractivity contribution is 6.25. The minimum Gasteiger partial charge on any atom is -0.462 e. The number of unbranched alkanes of at least 4 members (excludes halogenated alkanes) is 1. The fraction of sp³-hybridized carbons (Fsp3) is 0.222. The van der Waals surface area contributed by atoms with Gasteiger partial charge in [-0.2, -0.15) is 0 Å². The predicted molar refractivity (Wildman–Crippen MR) is 83.0 cm³/mol. The molecule has 0 atom stereocenters. The minimum absolute atomic E-state index is 0.301. The molecule has 0 aromatic heterocycles. The number of rotatable bonds is 4. The van der Waals surface area contributed by atoms with E-state index in [0.717, 1.165) is 35.1 Å². The number of nitrogens with one attached hydrogen (secondary N) is 1. The summed E-state index contributed by atoms with van der Waals surface area (Å²) in [6.07, 6.45) is 1.86. The summed E-state index contributed by atoms with van der Waals surface area (Å²) < 4.78 is 5.33. The Labute approximate surface area is 124 Å². The van der Waals surface area contributed by atoms with Crippen molar-refractivity contribution in [3.63, 3.8) is 0 Å². The number of hydrogen-bond acceptors (Lipinski definition) is 3. The van der Waals surface area contributed by atoms with Crippen LogP contribution in [0.4, 0.5) is 0 Å². The maximum Gasteiger partial charge on any atom is 0.338 e. The van der Waals surface area contributed by atoms with Crippen LogP contribution in [0.2, 0.25) is 0 Å². The summed E-state index contributed by atoms with van der Waals surface area (Å²) in [5.74, 6) is -0.301. The molecule has 21 heavy (non-hydrogen) atoms. The Bertz CT molecular complexity index is 719. The lowest BCUT2D eigenvalue weighted by Crippen LogP contribution is -2.08. The van der Waals surface area contributed by atoms with Gasteiger partial charge in [0.05, 0.1) is 17.9 Å². The fourth-order valence-electron chi connectivity index (χ4n) is 2.67. The molecule has 0 saturated heterocycles. The topological polar surface area (TPSA) is 50.2 Å². The lowest BCUT2D eigenvalue weighted by atomic mass is 9.99. The molecule has 0 spiro atoms. The second-order valence-electron chi connectivity index (χ2n) is 5.14. The number of ether oxygens (including phenoxy) is 1. The van der Waals surface area contributed by atoms with E-state index in [9.17, 15) is 4.79 Å². The van der Waals surface area contributed by atoms with Crippen LogP contribution < -0.4 is 0 Å². The zero-order valence-corrected chi connectivity index (χ0v) is 12.0. The molecule has 1 aliphatic carbocycles. The van der Waals surface area contributed by atoms with E-state index < -0.39 is 0 Å². The maximum absolute atomic E-state index is 12.3. The van der Waals surface area contributed by atoms with Gasteiger partial charge in [0, 0.05) is 16.7 Å². The van der Waals surface area contributed by atoms with E-state index in [2.05, 4.69) is 6.92 Å². The second-order valence-corrected chi connectivity index (χ2v) is 5.14. The monoisotopic (exact) mass is 279 g/mol. The first-order chi connectivity index (χ1) is 10.2. The van der Waals surface area contributed by atoms with E-state index in [1.54, 1.807) is 6.07 Å². The van der Waals surface area contributed by atoms with Crippen molar-refractivity contribution in [1.29, 1.82) is 5.41 Å². The van der Waals surface area contributed by atoms with Crippen LogP contribution >= 0.6 is 0 Å². The zero-order valence-electron chi connectivity index (χ0n) is 12.0. The molecule has 3 heteroatoms. The van der Waals surface area contributed by atoms with Gasteiger partial charge < -0.3 is 4.74 Å². The van der Waals surface area contributed by atoms with Gasteiger partial charge in [0.15, 0.2) is 0 Å². The van der Waals surface area contributed by atoms with E-state index in [1.165, 1.54) is 0 Å². The standard InChI is InChI=1S/C18H17NO2/c1-2-3-11-21-18(20)15-10-6-9-14-16(15)12-7-4-5-8-13(12)17(14)19/h4-10,19H,2-3,11H2,1H3. The Balaban J connectivity index is 2.04. The van der Waals surface area contributed by atoms with Gasteiger partial charge in [-0.1, -0.05) is 49.7 Å². The summed E-state index contributed by atoms with van der Waals surface area (Å²) in [6.45, 7) is 2.50. The van der Waals surface area contributed by atoms with Crippen LogP contribution in [-0.2, 0) is 4.74 Å². The van der Waals surface area contributed by atoms with Crippen molar-refractivity contribution < 1.29 is 9.53 Å². The summed E-state index contributed by atoms with van der Waals surface area (Å²) in [5, 5.41) is 8.27. The van der Waals surface area contributed by atoms with Gasteiger partial charge in [-0.25, -0.2) is 4.79 Å². The third kappa shape index (κ3) is 2.25. The molecule has 2 aromatic rings. The van der Waals surface area contributed by atoms with Crippen LogP contribution in [0.3, 0.4) is 0 Å². The summed E-state index contributed by atoms with van der Waals surface area (Å²) in [6, 6.07) is 13.2. The summed E-state index contributed by atoms with van der Waals surface area (Å²) >= 11 is 0. The highest BCUT2D eigenvalue weighted by atomic mass is 16.5. The Morgan fingerprint density at radius 3 is 2.52 bits per heavy atom. The van der Waals surface area contributed by atoms with Crippen LogP contribution in [-0.4, -0.2) is 18.3 Å². The number of fused-ring (bicyclic) bond motifs is 3. The SMILES string of the molecule is CCCCOC(=O)c1cccc2c1-c1ccccc1C2=N. The number of benzene rings is 2. The predicted octanol–water partition coefficient (Wildman–Crippen LogP) is 4.04. The highest BCUT2D eigenvalue weighted by Gasteiger charge is 2.28. The van der Waals surface area contributed by atoms with Gasteiger partial charge in [-0.05, 0) is 18.1 Å². The van der Waals surface area contributed by atoms with Crippen molar-refractivity contribution in [3.05, 3.63) is 59.2 Å². The molecule has 2 aromatic carbocycles. The van der Waals surface area contributed by atoms with E-state index >= 15 is 0 Å². The van der Waals surface area contributed by atoms with Crippen molar-refractivity contribution in [1.82, 2.24) is 0 Å². The quantitative estimate of drug-likeness (QED) is 0.579. The molecular formula is C18H17NO2. The van der Waals surface area contributed by atoms with Crippen molar-refractivity contribution in [2.24, 2.45) is 0 Å². The molecular weight excluding hydrogens is 262 g/mol. The van der Waals surface area contributed by atoms with E-state index in [1.807, 2.05) is 36.4 Å². The van der Waals surface area contributed by atoms with Crippen LogP contribution in [0.25, 0.3) is 11.1 Å². The van der Waals surface area contributed by atoms with E-state index in [0.29, 0.717) is 17.9 Å². The second kappa shape index (κ2) is 5.52. The van der Waals surface area contributed by atoms with Crippen LogP contribution in [0.5, 0.6) is 0 Å². The van der Waals surface area contributed by atoms with Crippen molar-refractivity contribution in [2.45, 2.75) is 19.8 Å². The molecule has 1 aliphatic rings. The maximum atomic E-state index is 12.3. The van der Waals surface area contributed by atoms with Crippen molar-refractivity contribution >= 4 is 11.7 Å². The lowest BCUT2D eigenvalue weighted by Gasteiger charge is -2.09. The summed E-state index contributed by atoms with van der Waals surface area (Å²) in [4.78, 5) is 12.3. The Morgan fingerprint density at radius 1 is 1.05 bits per heavy atom. The number of hydrogen-bond donors (Lipinski definition) is 1. The van der Waals surface area contributed by atoms with E-state index in [-0.39, 0.29) is 5.97 Å². The van der Waals surface area contributed by atoms with Crippen molar-refractivity contribution in [2.75, 3.05) is 6.61 Å². The summed E-state index contributed by atoms with van der Waals surface area (Å²) in [7, 11) is 0. The molecule has 0 aliphatic heterocycles. The molecule has 0 bridgehead atoms. The largest absolute Gasteiger partial charge is 0.462 e. The Hall–Kier alpha value is -2.42. The third-order valence-corrected chi connectivity index (χ3v) is 3.75. The molecule has 0 radical (unpaired) electrons. The van der Waals surface area contributed by atoms with E-state index in [4.69, 9.17) is 10.1 Å². The first kappa shape index (κ1) is 13.6. The van der Waals surface area contributed by atoms with Crippen LogP contribution in [0.15, 0.2) is 42.5 Å². The fourth-order valence-corrected chi connectivity index (χ4v) is 2.67. The van der Waals surface area contributed by atoms with Gasteiger partial charge >= 0.3 is 5.97 Å². The normalized spacial score (nSPS) is 12.0. The summed E-state index contributed by atoms with van der Waals surface area (Å²) in [5.41, 5.74) is 4.49. The first-order valence-corrected chi connectivity index (χ1v) is 7.23. The Morgan fingerprint density at radius 2 is 1.76 bits per heavy atom. The molecule has 0 saturated carbocycles. The van der Waals surface area contributed by atoms with Gasteiger partial charge in [0.25, 0.3) is 0 Å². The lowest BCUT2D eigenvalue weighted by molar-refractivity contribution is 0.0500. The third-order valence-electron chi connectivity index (χ3n) is 3.75. The average molecular weight is 279 g/mol. The van der Waals surface area contributed by atoms with Gasteiger partial charge in [-0.3, -0.25) is 5.41 Å². The molecule has 3 rings (SSSR count). The molecule has 3 nitrogen and oxygen atoms in total. The molecule has 0 heterocycles.